The van der Waals surface area contributed by atoms with Gasteiger partial charge in [-0.05, 0) is 11.6 Å². The Kier molecular flexibility index (Phi) is 3.07. The third-order valence-corrected chi connectivity index (χ3v) is 2.99. The number of rotatable bonds is 2. The number of nitrogens with zero attached hydrogens (tertiary/aromatic N) is 1. The number of halogens is 1. The van der Waals surface area contributed by atoms with Crippen molar-refractivity contribution < 1.29 is 4.39 Å². The SMILES string of the molecule is Fc1cnc(-c2ccccc2)c(-c2ccccc2)c1. The van der Waals surface area contributed by atoms with Crippen LogP contribution in [0, 0.1) is 5.82 Å². The van der Waals surface area contributed by atoms with Gasteiger partial charge in [0.25, 0.3) is 0 Å². The first-order chi connectivity index (χ1) is 9.34. The second kappa shape index (κ2) is 5.02. The summed E-state index contributed by atoms with van der Waals surface area (Å²) in [4.78, 5) is 4.25. The lowest BCUT2D eigenvalue weighted by atomic mass is 9.99. The molecule has 0 fully saturated rings. The van der Waals surface area contributed by atoms with Crippen LogP contribution in [-0.2, 0) is 0 Å². The molecule has 0 bridgehead atoms. The molecule has 0 saturated heterocycles. The van der Waals surface area contributed by atoms with Crippen LogP contribution in [0.25, 0.3) is 22.4 Å². The van der Waals surface area contributed by atoms with Crippen LogP contribution in [0.4, 0.5) is 4.39 Å². The Morgan fingerprint density at radius 1 is 0.737 bits per heavy atom. The van der Waals surface area contributed by atoms with Gasteiger partial charge in [-0.2, -0.15) is 0 Å². The summed E-state index contributed by atoms with van der Waals surface area (Å²) >= 11 is 0. The number of hydrogen-bond donors (Lipinski definition) is 0. The van der Waals surface area contributed by atoms with Gasteiger partial charge in [-0.25, -0.2) is 4.39 Å². The van der Waals surface area contributed by atoms with Crippen LogP contribution in [0.2, 0.25) is 0 Å². The van der Waals surface area contributed by atoms with Gasteiger partial charge in [-0.3, -0.25) is 4.98 Å². The van der Waals surface area contributed by atoms with E-state index in [1.54, 1.807) is 0 Å². The summed E-state index contributed by atoms with van der Waals surface area (Å²) in [7, 11) is 0. The minimum atomic E-state index is -0.321. The molecule has 0 saturated carbocycles. The minimum absolute atomic E-state index is 0.321. The molecule has 0 amide bonds. The normalized spacial score (nSPS) is 10.4. The molecule has 19 heavy (non-hydrogen) atoms. The monoisotopic (exact) mass is 249 g/mol. The standard InChI is InChI=1S/C17H12FN/c18-15-11-16(13-7-3-1-4-8-13)17(19-12-15)14-9-5-2-6-10-14/h1-12H. The maximum Gasteiger partial charge on any atom is 0.142 e. The Bertz CT molecular complexity index is 678. The highest BCUT2D eigenvalue weighted by Gasteiger charge is 2.09. The fourth-order valence-electron chi connectivity index (χ4n) is 2.10. The molecule has 0 aliphatic rings. The van der Waals surface area contributed by atoms with Crippen molar-refractivity contribution >= 4 is 0 Å². The van der Waals surface area contributed by atoms with Crippen molar-refractivity contribution in [1.82, 2.24) is 4.98 Å². The van der Waals surface area contributed by atoms with Gasteiger partial charge >= 0.3 is 0 Å². The van der Waals surface area contributed by atoms with E-state index in [0.717, 1.165) is 22.4 Å². The zero-order valence-electron chi connectivity index (χ0n) is 10.3. The maximum atomic E-state index is 13.5. The topological polar surface area (TPSA) is 12.9 Å². The average Bonchev–Trinajstić information content (AvgIpc) is 2.49. The van der Waals surface area contributed by atoms with E-state index in [4.69, 9.17) is 0 Å². The summed E-state index contributed by atoms with van der Waals surface area (Å²) in [5, 5.41) is 0. The Labute approximate surface area is 111 Å². The molecule has 0 N–H and O–H groups in total. The van der Waals surface area contributed by atoms with E-state index in [-0.39, 0.29) is 5.82 Å². The number of pyridine rings is 1. The van der Waals surface area contributed by atoms with E-state index >= 15 is 0 Å². The summed E-state index contributed by atoms with van der Waals surface area (Å²) < 4.78 is 13.5. The maximum absolute atomic E-state index is 13.5. The molecule has 2 heteroatoms. The molecule has 2 aromatic carbocycles. The molecule has 3 rings (SSSR count). The Morgan fingerprint density at radius 3 is 1.95 bits per heavy atom. The lowest BCUT2D eigenvalue weighted by Crippen LogP contribution is -1.91. The van der Waals surface area contributed by atoms with E-state index in [2.05, 4.69) is 4.98 Å². The molecule has 0 aliphatic carbocycles. The molecular weight excluding hydrogens is 237 g/mol. The van der Waals surface area contributed by atoms with E-state index in [1.165, 1.54) is 12.3 Å². The van der Waals surface area contributed by atoms with Crippen molar-refractivity contribution in [3.05, 3.63) is 78.7 Å². The van der Waals surface area contributed by atoms with Crippen molar-refractivity contribution in [2.24, 2.45) is 0 Å². The van der Waals surface area contributed by atoms with Gasteiger partial charge in [0.1, 0.15) is 5.82 Å². The fourth-order valence-corrected chi connectivity index (χ4v) is 2.10. The summed E-state index contributed by atoms with van der Waals surface area (Å²) in [6.45, 7) is 0. The van der Waals surface area contributed by atoms with Gasteiger partial charge in [0, 0.05) is 11.1 Å². The third-order valence-electron chi connectivity index (χ3n) is 2.99. The van der Waals surface area contributed by atoms with Crippen molar-refractivity contribution in [1.29, 1.82) is 0 Å². The van der Waals surface area contributed by atoms with Crippen LogP contribution >= 0.6 is 0 Å². The number of benzene rings is 2. The van der Waals surface area contributed by atoms with Crippen molar-refractivity contribution in [3.63, 3.8) is 0 Å². The number of hydrogen-bond acceptors (Lipinski definition) is 1. The highest BCUT2D eigenvalue weighted by molar-refractivity contribution is 5.80. The zero-order chi connectivity index (χ0) is 13.1. The molecule has 0 atom stereocenters. The summed E-state index contributed by atoms with van der Waals surface area (Å²) in [5.41, 5.74) is 3.56. The summed E-state index contributed by atoms with van der Waals surface area (Å²) in [6, 6.07) is 21.1. The Hall–Kier alpha value is -2.48. The number of aromatic nitrogens is 1. The summed E-state index contributed by atoms with van der Waals surface area (Å²) in [6.07, 6.45) is 1.26. The molecule has 0 aliphatic heterocycles. The quantitative estimate of drug-likeness (QED) is 0.649. The molecular formula is C17H12FN. The molecule has 0 radical (unpaired) electrons. The Morgan fingerprint density at radius 2 is 1.32 bits per heavy atom. The molecule has 0 unspecified atom stereocenters. The first-order valence-corrected chi connectivity index (χ1v) is 6.11. The van der Waals surface area contributed by atoms with Crippen LogP contribution in [0.1, 0.15) is 0 Å². The second-order valence-electron chi connectivity index (χ2n) is 4.28. The third kappa shape index (κ3) is 2.38. The minimum Gasteiger partial charge on any atom is -0.253 e. The second-order valence-corrected chi connectivity index (χ2v) is 4.28. The van der Waals surface area contributed by atoms with Crippen molar-refractivity contribution in [3.8, 4) is 22.4 Å². The van der Waals surface area contributed by atoms with Gasteiger partial charge in [-0.1, -0.05) is 60.7 Å². The van der Waals surface area contributed by atoms with Crippen LogP contribution < -0.4 is 0 Å². The lowest BCUT2D eigenvalue weighted by molar-refractivity contribution is 0.622. The summed E-state index contributed by atoms with van der Waals surface area (Å²) in [5.74, 6) is -0.321. The lowest BCUT2D eigenvalue weighted by Gasteiger charge is -2.09. The van der Waals surface area contributed by atoms with Crippen molar-refractivity contribution in [2.45, 2.75) is 0 Å². The van der Waals surface area contributed by atoms with E-state index in [1.807, 2.05) is 60.7 Å². The van der Waals surface area contributed by atoms with Gasteiger partial charge in [0.05, 0.1) is 11.9 Å². The van der Waals surface area contributed by atoms with Gasteiger partial charge in [0.2, 0.25) is 0 Å². The Balaban J connectivity index is 2.21. The molecule has 1 nitrogen and oxygen atoms in total. The molecule has 92 valence electrons. The van der Waals surface area contributed by atoms with E-state index < -0.39 is 0 Å². The highest BCUT2D eigenvalue weighted by atomic mass is 19.1. The highest BCUT2D eigenvalue weighted by Crippen LogP contribution is 2.30. The zero-order valence-corrected chi connectivity index (χ0v) is 10.3. The van der Waals surface area contributed by atoms with Gasteiger partial charge in [0.15, 0.2) is 0 Å². The van der Waals surface area contributed by atoms with Crippen molar-refractivity contribution in [2.75, 3.05) is 0 Å². The average molecular weight is 249 g/mol. The van der Waals surface area contributed by atoms with E-state index in [9.17, 15) is 4.39 Å². The van der Waals surface area contributed by atoms with Gasteiger partial charge < -0.3 is 0 Å². The predicted molar refractivity (Wildman–Crippen MR) is 75.1 cm³/mol. The van der Waals surface area contributed by atoms with Crippen LogP contribution in [0.15, 0.2) is 72.9 Å². The molecule has 1 aromatic heterocycles. The molecule has 1 heterocycles. The first-order valence-electron chi connectivity index (χ1n) is 6.11. The van der Waals surface area contributed by atoms with Gasteiger partial charge in [-0.15, -0.1) is 0 Å². The molecule has 0 spiro atoms. The van der Waals surface area contributed by atoms with Crippen LogP contribution in [0.3, 0.4) is 0 Å². The smallest absolute Gasteiger partial charge is 0.142 e. The fraction of sp³-hybridized carbons (Fsp3) is 0. The first kappa shape index (κ1) is 11.6. The van der Waals surface area contributed by atoms with Crippen LogP contribution in [0.5, 0.6) is 0 Å². The predicted octanol–water partition coefficient (Wildman–Crippen LogP) is 4.55. The van der Waals surface area contributed by atoms with Crippen LogP contribution in [-0.4, -0.2) is 4.98 Å². The molecule has 3 aromatic rings. The van der Waals surface area contributed by atoms with E-state index in [0.29, 0.717) is 0 Å². The largest absolute Gasteiger partial charge is 0.253 e.